The zero-order chi connectivity index (χ0) is 21.7. The molecule has 1 atom stereocenters. The summed E-state index contributed by atoms with van der Waals surface area (Å²) in [4.78, 5) is 26.4. The van der Waals surface area contributed by atoms with Gasteiger partial charge in [0.05, 0.1) is 26.0 Å². The number of hydrazone groups is 1. The Morgan fingerprint density at radius 1 is 1.03 bits per heavy atom. The van der Waals surface area contributed by atoms with E-state index in [9.17, 15) is 9.59 Å². The van der Waals surface area contributed by atoms with Gasteiger partial charge < -0.3 is 14.4 Å². The van der Waals surface area contributed by atoms with Gasteiger partial charge in [0.15, 0.2) is 0 Å². The lowest BCUT2D eigenvalue weighted by atomic mass is 9.98. The molecule has 0 N–H and O–H groups in total. The molecular weight excluding hydrogens is 382 g/mol. The molecule has 2 amide bonds. The van der Waals surface area contributed by atoms with Gasteiger partial charge in [-0.15, -0.1) is 0 Å². The lowest BCUT2D eigenvalue weighted by molar-refractivity contribution is -0.140. The fraction of sp³-hybridized carbons (Fsp3) is 0.348. The number of ether oxygens (including phenoxy) is 2. The molecule has 30 heavy (non-hydrogen) atoms. The highest BCUT2D eigenvalue weighted by atomic mass is 16.5. The highest BCUT2D eigenvalue weighted by Crippen LogP contribution is 2.34. The number of amides is 2. The number of carbonyl (C=O) groups is 2. The topological polar surface area (TPSA) is 71.4 Å². The van der Waals surface area contributed by atoms with E-state index in [1.54, 1.807) is 28.2 Å². The van der Waals surface area contributed by atoms with Crippen LogP contribution in [0.3, 0.4) is 0 Å². The van der Waals surface area contributed by atoms with E-state index in [1.807, 2.05) is 48.5 Å². The van der Waals surface area contributed by atoms with Crippen LogP contribution < -0.4 is 9.47 Å². The maximum absolute atomic E-state index is 13.0. The molecule has 3 rings (SSSR count). The minimum atomic E-state index is -0.245. The van der Waals surface area contributed by atoms with Crippen LogP contribution >= 0.6 is 0 Å². The van der Waals surface area contributed by atoms with Crippen molar-refractivity contribution in [2.24, 2.45) is 5.10 Å². The summed E-state index contributed by atoms with van der Waals surface area (Å²) in [5.74, 6) is 1.21. The van der Waals surface area contributed by atoms with Crippen molar-refractivity contribution in [1.82, 2.24) is 9.91 Å². The molecule has 0 saturated heterocycles. The van der Waals surface area contributed by atoms with Crippen LogP contribution in [-0.2, 0) is 9.59 Å². The predicted molar refractivity (Wildman–Crippen MR) is 115 cm³/mol. The van der Waals surface area contributed by atoms with E-state index in [2.05, 4.69) is 5.10 Å². The molecule has 0 unspecified atom stereocenters. The van der Waals surface area contributed by atoms with E-state index in [0.717, 1.165) is 28.3 Å². The SMILES string of the molecule is CCC(=O)N(C)CC(=O)N1N=C(c2ccc(OC)cc2)C[C@H]1c1ccc(OC)cc1. The maximum Gasteiger partial charge on any atom is 0.262 e. The summed E-state index contributed by atoms with van der Waals surface area (Å²) >= 11 is 0. The van der Waals surface area contributed by atoms with Crippen LogP contribution in [0, 0.1) is 0 Å². The molecule has 2 aromatic rings. The fourth-order valence-electron chi connectivity index (χ4n) is 3.42. The fourth-order valence-corrected chi connectivity index (χ4v) is 3.42. The first-order valence-corrected chi connectivity index (χ1v) is 9.88. The van der Waals surface area contributed by atoms with Gasteiger partial charge in [0.1, 0.15) is 18.0 Å². The second-order valence-electron chi connectivity index (χ2n) is 7.11. The van der Waals surface area contributed by atoms with E-state index in [0.29, 0.717) is 12.8 Å². The Bertz CT molecular complexity index is 922. The Balaban J connectivity index is 1.89. The van der Waals surface area contributed by atoms with Crippen LogP contribution in [0.5, 0.6) is 11.5 Å². The second kappa shape index (κ2) is 9.43. The zero-order valence-electron chi connectivity index (χ0n) is 17.8. The Morgan fingerprint density at radius 3 is 2.13 bits per heavy atom. The van der Waals surface area contributed by atoms with E-state index in [-0.39, 0.29) is 24.4 Å². The van der Waals surface area contributed by atoms with Crippen LogP contribution in [0.4, 0.5) is 0 Å². The van der Waals surface area contributed by atoms with Crippen molar-refractivity contribution >= 4 is 17.5 Å². The molecule has 7 nitrogen and oxygen atoms in total. The summed E-state index contributed by atoms with van der Waals surface area (Å²) in [7, 11) is 4.87. The third-order valence-electron chi connectivity index (χ3n) is 5.19. The Morgan fingerprint density at radius 2 is 1.60 bits per heavy atom. The van der Waals surface area contributed by atoms with Crippen LogP contribution in [0.2, 0.25) is 0 Å². The van der Waals surface area contributed by atoms with Crippen molar-refractivity contribution in [3.63, 3.8) is 0 Å². The average molecular weight is 409 g/mol. The summed E-state index contributed by atoms with van der Waals surface area (Å²) in [5.41, 5.74) is 2.71. The summed E-state index contributed by atoms with van der Waals surface area (Å²) < 4.78 is 10.5. The predicted octanol–water partition coefficient (Wildman–Crippen LogP) is 3.25. The van der Waals surface area contributed by atoms with E-state index in [1.165, 1.54) is 9.91 Å². The van der Waals surface area contributed by atoms with Gasteiger partial charge in [-0.1, -0.05) is 19.1 Å². The van der Waals surface area contributed by atoms with Gasteiger partial charge in [-0.3, -0.25) is 9.59 Å². The van der Waals surface area contributed by atoms with E-state index < -0.39 is 0 Å². The molecule has 0 fully saturated rings. The van der Waals surface area contributed by atoms with Gasteiger partial charge >= 0.3 is 0 Å². The molecule has 2 aromatic carbocycles. The number of carbonyl (C=O) groups excluding carboxylic acids is 2. The Kier molecular flexibility index (Phi) is 6.72. The second-order valence-corrected chi connectivity index (χ2v) is 7.11. The lowest BCUT2D eigenvalue weighted by Gasteiger charge is -2.25. The molecule has 1 heterocycles. The van der Waals surface area contributed by atoms with Crippen LogP contribution in [0.25, 0.3) is 0 Å². The number of benzene rings is 2. The summed E-state index contributed by atoms with van der Waals surface area (Å²) in [5, 5.41) is 6.14. The molecule has 1 aliphatic heterocycles. The molecule has 0 radical (unpaired) electrons. The largest absolute Gasteiger partial charge is 0.497 e. The monoisotopic (exact) mass is 409 g/mol. The van der Waals surface area contributed by atoms with Gasteiger partial charge in [-0.2, -0.15) is 5.10 Å². The molecule has 0 bridgehead atoms. The first-order chi connectivity index (χ1) is 14.5. The number of hydrogen-bond acceptors (Lipinski definition) is 5. The van der Waals surface area contributed by atoms with Gasteiger partial charge in [0.2, 0.25) is 5.91 Å². The van der Waals surface area contributed by atoms with Gasteiger partial charge in [0.25, 0.3) is 5.91 Å². The average Bonchev–Trinajstić information content (AvgIpc) is 3.24. The third kappa shape index (κ3) is 4.62. The van der Waals surface area contributed by atoms with Crippen molar-refractivity contribution in [1.29, 1.82) is 0 Å². The van der Waals surface area contributed by atoms with Crippen LogP contribution in [-0.4, -0.2) is 55.2 Å². The highest BCUT2D eigenvalue weighted by Gasteiger charge is 2.33. The standard InChI is InChI=1S/C23H27N3O4/c1-5-22(27)25(2)15-23(28)26-21(17-8-12-19(30-4)13-9-17)14-20(24-26)16-6-10-18(29-3)11-7-16/h6-13,21H,5,14-15H2,1-4H3/t21-/m0/s1. The van der Waals surface area contributed by atoms with Gasteiger partial charge in [0, 0.05) is 19.9 Å². The zero-order valence-corrected chi connectivity index (χ0v) is 17.8. The normalized spacial score (nSPS) is 15.5. The molecule has 158 valence electrons. The third-order valence-corrected chi connectivity index (χ3v) is 5.19. The smallest absolute Gasteiger partial charge is 0.262 e. The number of methoxy groups -OCH3 is 2. The van der Waals surface area contributed by atoms with Gasteiger partial charge in [-0.25, -0.2) is 5.01 Å². The van der Waals surface area contributed by atoms with E-state index in [4.69, 9.17) is 9.47 Å². The molecule has 1 aliphatic rings. The van der Waals surface area contributed by atoms with Crippen LogP contribution in [0.15, 0.2) is 53.6 Å². The number of hydrogen-bond donors (Lipinski definition) is 0. The van der Waals surface area contributed by atoms with Crippen molar-refractivity contribution in [2.75, 3.05) is 27.8 Å². The Hall–Kier alpha value is -3.35. The molecule has 7 heteroatoms. The van der Waals surface area contributed by atoms with Crippen molar-refractivity contribution < 1.29 is 19.1 Å². The summed E-state index contributed by atoms with van der Waals surface area (Å²) in [6.45, 7) is 1.76. The summed E-state index contributed by atoms with van der Waals surface area (Å²) in [6.07, 6.45) is 0.932. The number of likely N-dealkylation sites (N-methyl/N-ethyl adjacent to an activating group) is 1. The van der Waals surface area contributed by atoms with Crippen molar-refractivity contribution in [3.05, 3.63) is 59.7 Å². The maximum atomic E-state index is 13.0. The Labute approximate surface area is 176 Å². The molecule has 0 aromatic heterocycles. The minimum Gasteiger partial charge on any atom is -0.497 e. The first kappa shape index (κ1) is 21.4. The highest BCUT2D eigenvalue weighted by molar-refractivity contribution is 6.03. The molecule has 0 saturated carbocycles. The molecular formula is C23H27N3O4. The minimum absolute atomic E-state index is 0.0152. The van der Waals surface area contributed by atoms with E-state index >= 15 is 0 Å². The van der Waals surface area contributed by atoms with Crippen molar-refractivity contribution in [2.45, 2.75) is 25.8 Å². The number of rotatable bonds is 7. The quantitative estimate of drug-likeness (QED) is 0.704. The van der Waals surface area contributed by atoms with Crippen molar-refractivity contribution in [3.8, 4) is 11.5 Å². The van der Waals surface area contributed by atoms with Gasteiger partial charge in [-0.05, 0) is 47.5 Å². The molecule has 0 spiro atoms. The van der Waals surface area contributed by atoms with Crippen LogP contribution in [0.1, 0.15) is 36.9 Å². The lowest BCUT2D eigenvalue weighted by Crippen LogP contribution is -2.38. The number of nitrogens with zero attached hydrogens (tertiary/aromatic N) is 3. The first-order valence-electron chi connectivity index (χ1n) is 9.88. The summed E-state index contributed by atoms with van der Waals surface area (Å²) in [6, 6.07) is 15.0. The molecule has 0 aliphatic carbocycles.